The molecule has 0 spiro atoms. The number of aryl methyl sites for hydroxylation is 2. The summed E-state index contributed by atoms with van der Waals surface area (Å²) in [4.78, 5) is 25.7. The zero-order valence-corrected chi connectivity index (χ0v) is 13.4. The van der Waals surface area contributed by atoms with E-state index < -0.39 is 12.0 Å². The molecule has 0 aliphatic carbocycles. The summed E-state index contributed by atoms with van der Waals surface area (Å²) in [6, 6.07) is 4.00. The molecule has 8 heteroatoms. The lowest BCUT2D eigenvalue weighted by atomic mass is 10.1. The molecule has 2 heterocycles. The summed E-state index contributed by atoms with van der Waals surface area (Å²) >= 11 is 6.00. The van der Waals surface area contributed by atoms with Crippen LogP contribution in [0.5, 0.6) is 0 Å². The van der Waals surface area contributed by atoms with Crippen molar-refractivity contribution in [2.24, 2.45) is 0 Å². The third-order valence-electron chi connectivity index (χ3n) is 3.89. The van der Waals surface area contributed by atoms with Gasteiger partial charge in [-0.3, -0.25) is 4.79 Å². The highest BCUT2D eigenvalue weighted by atomic mass is 35.5. The van der Waals surface area contributed by atoms with Gasteiger partial charge in [-0.25, -0.2) is 4.79 Å². The predicted octanol–water partition coefficient (Wildman–Crippen LogP) is 1.66. The number of rotatable bonds is 2. The van der Waals surface area contributed by atoms with Crippen molar-refractivity contribution in [1.82, 2.24) is 19.7 Å². The van der Waals surface area contributed by atoms with Crippen LogP contribution in [-0.4, -0.2) is 42.7 Å². The van der Waals surface area contributed by atoms with Crippen LogP contribution in [0, 0.1) is 13.8 Å². The molecule has 1 aliphatic rings. The first-order chi connectivity index (χ1) is 10.9. The van der Waals surface area contributed by atoms with Crippen LogP contribution in [0.1, 0.15) is 27.6 Å². The number of aromatic nitrogens is 3. The zero-order chi connectivity index (χ0) is 16.7. The molecule has 0 bridgehead atoms. The quantitative estimate of drug-likeness (QED) is 0.902. The van der Waals surface area contributed by atoms with E-state index in [1.807, 2.05) is 6.92 Å². The number of carboxylic acids is 1. The number of aliphatic carboxylic acids is 1. The summed E-state index contributed by atoms with van der Waals surface area (Å²) in [5, 5.41) is 17.9. The first-order valence-corrected chi connectivity index (χ1v) is 7.44. The van der Waals surface area contributed by atoms with Crippen molar-refractivity contribution in [1.29, 1.82) is 0 Å². The third-order valence-corrected chi connectivity index (χ3v) is 4.11. The number of carbonyl (C=O) groups excluding carboxylic acids is 1. The molecule has 1 atom stereocenters. The van der Waals surface area contributed by atoms with Gasteiger partial charge in [-0.2, -0.15) is 0 Å². The SMILES string of the molecule is Cc1cc(Cl)cc(C(=O)N2Cc3nnc(C)n3CC2C(=O)O)c1. The van der Waals surface area contributed by atoms with Crippen molar-refractivity contribution in [3.05, 3.63) is 46.0 Å². The summed E-state index contributed by atoms with van der Waals surface area (Å²) in [6.07, 6.45) is 0. The molecule has 1 aromatic heterocycles. The number of carboxylic acid groups (broad SMARTS) is 1. The van der Waals surface area contributed by atoms with Gasteiger partial charge in [-0.1, -0.05) is 11.6 Å². The Hall–Kier alpha value is -2.41. The maximum absolute atomic E-state index is 12.8. The van der Waals surface area contributed by atoms with E-state index >= 15 is 0 Å². The molecule has 0 radical (unpaired) electrons. The predicted molar refractivity (Wildman–Crippen MR) is 82.2 cm³/mol. The normalized spacial score (nSPS) is 17.0. The van der Waals surface area contributed by atoms with E-state index in [4.69, 9.17) is 11.6 Å². The Morgan fingerprint density at radius 1 is 1.26 bits per heavy atom. The van der Waals surface area contributed by atoms with Gasteiger partial charge >= 0.3 is 5.97 Å². The molecular formula is C15H15ClN4O3. The Morgan fingerprint density at radius 2 is 2.00 bits per heavy atom. The van der Waals surface area contributed by atoms with Gasteiger partial charge in [-0.05, 0) is 37.6 Å². The van der Waals surface area contributed by atoms with Crippen molar-refractivity contribution in [3.63, 3.8) is 0 Å². The number of carbonyl (C=O) groups is 2. The molecule has 120 valence electrons. The van der Waals surface area contributed by atoms with Crippen molar-refractivity contribution >= 4 is 23.5 Å². The highest BCUT2D eigenvalue weighted by Gasteiger charge is 2.36. The van der Waals surface area contributed by atoms with Gasteiger partial charge in [-0.15, -0.1) is 10.2 Å². The van der Waals surface area contributed by atoms with E-state index in [9.17, 15) is 14.7 Å². The van der Waals surface area contributed by atoms with Crippen LogP contribution in [0.2, 0.25) is 5.02 Å². The fraction of sp³-hybridized carbons (Fsp3) is 0.333. The molecule has 1 aromatic carbocycles. The Bertz CT molecular complexity index is 782. The molecule has 0 saturated heterocycles. The summed E-state index contributed by atoms with van der Waals surface area (Å²) in [6.45, 7) is 3.82. The summed E-state index contributed by atoms with van der Waals surface area (Å²) < 4.78 is 1.73. The van der Waals surface area contributed by atoms with Crippen molar-refractivity contribution in [3.8, 4) is 0 Å². The van der Waals surface area contributed by atoms with Crippen LogP contribution in [-0.2, 0) is 17.9 Å². The fourth-order valence-corrected chi connectivity index (χ4v) is 3.05. The minimum absolute atomic E-state index is 0.0994. The number of amides is 1. The fourth-order valence-electron chi connectivity index (χ4n) is 2.76. The van der Waals surface area contributed by atoms with Crippen LogP contribution >= 0.6 is 11.6 Å². The summed E-state index contributed by atoms with van der Waals surface area (Å²) in [7, 11) is 0. The first kappa shape index (κ1) is 15.5. The second-order valence-electron chi connectivity index (χ2n) is 5.58. The average Bonchev–Trinajstić information content (AvgIpc) is 2.85. The zero-order valence-electron chi connectivity index (χ0n) is 12.7. The standard InChI is InChI=1S/C15H15ClN4O3/c1-8-3-10(5-11(16)4-8)14(21)20-7-13-18-17-9(2)19(13)6-12(20)15(22)23/h3-5,12H,6-7H2,1-2H3,(H,22,23). The number of fused-ring (bicyclic) bond motifs is 1. The van der Waals surface area contributed by atoms with E-state index in [1.165, 1.54) is 4.90 Å². The Kier molecular flexibility index (Phi) is 3.81. The van der Waals surface area contributed by atoms with E-state index in [0.29, 0.717) is 22.2 Å². The molecule has 1 N–H and O–H groups in total. The largest absolute Gasteiger partial charge is 0.480 e. The highest BCUT2D eigenvalue weighted by Crippen LogP contribution is 2.22. The van der Waals surface area contributed by atoms with Crippen LogP contribution in [0.3, 0.4) is 0 Å². The smallest absolute Gasteiger partial charge is 0.328 e. The topological polar surface area (TPSA) is 88.3 Å². The van der Waals surface area contributed by atoms with Gasteiger partial charge in [0.2, 0.25) is 0 Å². The summed E-state index contributed by atoms with van der Waals surface area (Å²) in [5.41, 5.74) is 1.20. The van der Waals surface area contributed by atoms with Crippen LogP contribution in [0.25, 0.3) is 0 Å². The Balaban J connectivity index is 1.99. The molecule has 23 heavy (non-hydrogen) atoms. The minimum Gasteiger partial charge on any atom is -0.480 e. The Morgan fingerprint density at radius 3 is 2.65 bits per heavy atom. The number of benzene rings is 1. The van der Waals surface area contributed by atoms with E-state index in [-0.39, 0.29) is 19.0 Å². The van der Waals surface area contributed by atoms with Crippen LogP contribution < -0.4 is 0 Å². The third kappa shape index (κ3) is 2.79. The van der Waals surface area contributed by atoms with Crippen LogP contribution in [0.4, 0.5) is 0 Å². The van der Waals surface area contributed by atoms with Crippen molar-refractivity contribution in [2.45, 2.75) is 33.0 Å². The van der Waals surface area contributed by atoms with E-state index in [0.717, 1.165) is 5.56 Å². The van der Waals surface area contributed by atoms with Crippen LogP contribution in [0.15, 0.2) is 18.2 Å². The number of hydrogen-bond acceptors (Lipinski definition) is 4. The Labute approximate surface area is 137 Å². The van der Waals surface area contributed by atoms with E-state index in [2.05, 4.69) is 10.2 Å². The lowest BCUT2D eigenvalue weighted by Crippen LogP contribution is -2.50. The molecule has 7 nitrogen and oxygen atoms in total. The molecule has 1 aliphatic heterocycles. The van der Waals surface area contributed by atoms with E-state index in [1.54, 1.807) is 29.7 Å². The number of nitrogens with zero attached hydrogens (tertiary/aromatic N) is 4. The lowest BCUT2D eigenvalue weighted by Gasteiger charge is -2.33. The van der Waals surface area contributed by atoms with Gasteiger partial charge in [0.25, 0.3) is 5.91 Å². The molecule has 0 fully saturated rings. The highest BCUT2D eigenvalue weighted by molar-refractivity contribution is 6.31. The van der Waals surface area contributed by atoms with Gasteiger partial charge in [0.05, 0.1) is 13.1 Å². The number of hydrogen-bond donors (Lipinski definition) is 1. The molecule has 1 unspecified atom stereocenters. The molecule has 0 saturated carbocycles. The van der Waals surface area contributed by atoms with Gasteiger partial charge in [0.15, 0.2) is 5.82 Å². The first-order valence-electron chi connectivity index (χ1n) is 7.06. The van der Waals surface area contributed by atoms with Gasteiger partial charge < -0.3 is 14.6 Å². The van der Waals surface area contributed by atoms with Crippen molar-refractivity contribution < 1.29 is 14.7 Å². The average molecular weight is 335 g/mol. The van der Waals surface area contributed by atoms with Gasteiger partial charge in [0.1, 0.15) is 11.9 Å². The molecule has 2 aromatic rings. The molecule has 3 rings (SSSR count). The second-order valence-corrected chi connectivity index (χ2v) is 6.01. The maximum atomic E-state index is 12.8. The van der Waals surface area contributed by atoms with Crippen molar-refractivity contribution in [2.75, 3.05) is 0 Å². The summed E-state index contributed by atoms with van der Waals surface area (Å²) in [5.74, 6) is -0.227. The maximum Gasteiger partial charge on any atom is 0.328 e. The molecule has 1 amide bonds. The molecular weight excluding hydrogens is 320 g/mol. The minimum atomic E-state index is -1.06. The lowest BCUT2D eigenvalue weighted by molar-refractivity contribution is -0.143. The van der Waals surface area contributed by atoms with Gasteiger partial charge in [0, 0.05) is 10.6 Å². The second kappa shape index (κ2) is 5.66. The monoisotopic (exact) mass is 334 g/mol. The number of halogens is 1.